The van der Waals surface area contributed by atoms with Gasteiger partial charge in [-0.3, -0.25) is 9.78 Å². The van der Waals surface area contributed by atoms with E-state index in [1.807, 2.05) is 43.3 Å². The molecule has 2 heterocycles. The Balaban J connectivity index is 1.61. The number of carbonyl (C=O) groups excluding carboxylic acids is 2. The summed E-state index contributed by atoms with van der Waals surface area (Å²) in [6.07, 6.45) is 3.92. The van der Waals surface area contributed by atoms with Gasteiger partial charge < -0.3 is 21.1 Å². The number of anilines is 1. The molecule has 0 unspecified atom stereocenters. The zero-order chi connectivity index (χ0) is 20.6. The normalized spacial score (nSPS) is 11.8. The van der Waals surface area contributed by atoms with E-state index in [2.05, 4.69) is 15.6 Å². The third kappa shape index (κ3) is 5.52. The van der Waals surface area contributed by atoms with Crippen LogP contribution in [0.3, 0.4) is 0 Å². The molecule has 0 aliphatic rings. The number of amides is 2. The van der Waals surface area contributed by atoms with Crippen molar-refractivity contribution in [3.05, 3.63) is 59.9 Å². The number of pyridine rings is 1. The number of fused-ring (bicyclic) bond motifs is 1. The summed E-state index contributed by atoms with van der Waals surface area (Å²) in [5.74, 6) is -0.629. The molecule has 0 bridgehead atoms. The smallest absolute Gasteiger partial charge is 0.407 e. The minimum atomic E-state index is -0.471. The van der Waals surface area contributed by atoms with Crippen LogP contribution in [0.5, 0.6) is 0 Å². The number of nitrogens with one attached hydrogen (secondary N) is 2. The van der Waals surface area contributed by atoms with E-state index >= 15 is 0 Å². The lowest BCUT2D eigenvalue weighted by atomic mass is 9.97. The standard InChI is InChI=1S/C21H24N4O3S/c1-2-8-24-21(27)28-13-14-3-5-15(6-4-14)17(11-22)20(26)25-19-10-16-7-9-23-12-18(16)29-19/h3-7,9-10,12,17H,2,8,11,13,22H2,1H3,(H,24,27)(H,25,26)/t17-/m1/s1. The number of aromatic nitrogens is 1. The van der Waals surface area contributed by atoms with Gasteiger partial charge in [-0.05, 0) is 35.1 Å². The van der Waals surface area contributed by atoms with Gasteiger partial charge in [0.1, 0.15) is 6.61 Å². The number of nitrogens with two attached hydrogens (primary N) is 1. The highest BCUT2D eigenvalue weighted by molar-refractivity contribution is 7.22. The molecule has 0 radical (unpaired) electrons. The Kier molecular flexibility index (Phi) is 7.15. The van der Waals surface area contributed by atoms with Crippen molar-refractivity contribution in [2.24, 2.45) is 5.73 Å². The molecule has 4 N–H and O–H groups in total. The van der Waals surface area contributed by atoms with Gasteiger partial charge >= 0.3 is 6.09 Å². The first kappa shape index (κ1) is 20.8. The first-order valence-corrected chi connectivity index (χ1v) is 10.3. The third-order valence-corrected chi connectivity index (χ3v) is 5.39. The monoisotopic (exact) mass is 412 g/mol. The van der Waals surface area contributed by atoms with Gasteiger partial charge in [-0.1, -0.05) is 31.2 Å². The van der Waals surface area contributed by atoms with Crippen molar-refractivity contribution in [1.29, 1.82) is 0 Å². The predicted octanol–water partition coefficient (Wildman–Crippen LogP) is 3.61. The Bertz CT molecular complexity index is 938. The summed E-state index contributed by atoms with van der Waals surface area (Å²) in [5.41, 5.74) is 7.53. The Morgan fingerprint density at radius 1 is 1.24 bits per heavy atom. The maximum absolute atomic E-state index is 12.7. The molecule has 152 valence electrons. The summed E-state index contributed by atoms with van der Waals surface area (Å²) >= 11 is 1.48. The quantitative estimate of drug-likeness (QED) is 0.524. The number of thiophene rings is 1. The second kappa shape index (κ2) is 9.99. The number of nitrogens with zero attached hydrogens (tertiary/aromatic N) is 1. The summed E-state index contributed by atoms with van der Waals surface area (Å²) in [6, 6.07) is 11.2. The minimum absolute atomic E-state index is 0.157. The van der Waals surface area contributed by atoms with E-state index in [1.54, 1.807) is 12.4 Å². The molecule has 3 aromatic rings. The van der Waals surface area contributed by atoms with Crippen LogP contribution in [-0.4, -0.2) is 30.1 Å². The molecular formula is C21H24N4O3S. The SMILES string of the molecule is CCCNC(=O)OCc1ccc([C@@H](CN)C(=O)Nc2cc3ccncc3s2)cc1. The molecule has 0 aliphatic carbocycles. The summed E-state index contributed by atoms with van der Waals surface area (Å²) in [7, 11) is 0. The fourth-order valence-corrected chi connectivity index (χ4v) is 3.76. The van der Waals surface area contributed by atoms with Crippen LogP contribution in [0.15, 0.2) is 48.8 Å². The molecule has 29 heavy (non-hydrogen) atoms. The van der Waals surface area contributed by atoms with Crippen molar-refractivity contribution < 1.29 is 14.3 Å². The van der Waals surface area contributed by atoms with E-state index in [0.29, 0.717) is 6.54 Å². The lowest BCUT2D eigenvalue weighted by molar-refractivity contribution is -0.117. The Morgan fingerprint density at radius 2 is 2.03 bits per heavy atom. The van der Waals surface area contributed by atoms with Crippen molar-refractivity contribution in [3.63, 3.8) is 0 Å². The van der Waals surface area contributed by atoms with Crippen LogP contribution >= 0.6 is 11.3 Å². The van der Waals surface area contributed by atoms with Crippen molar-refractivity contribution in [3.8, 4) is 0 Å². The first-order valence-electron chi connectivity index (χ1n) is 9.44. The molecule has 2 amide bonds. The molecule has 8 heteroatoms. The first-order chi connectivity index (χ1) is 14.1. The molecule has 0 fully saturated rings. The number of carbonyl (C=O) groups is 2. The predicted molar refractivity (Wildman–Crippen MR) is 115 cm³/mol. The minimum Gasteiger partial charge on any atom is -0.445 e. The molecule has 2 aromatic heterocycles. The van der Waals surface area contributed by atoms with Crippen LogP contribution in [0.2, 0.25) is 0 Å². The highest BCUT2D eigenvalue weighted by atomic mass is 32.1. The van der Waals surface area contributed by atoms with E-state index in [4.69, 9.17) is 10.5 Å². The molecule has 0 saturated heterocycles. The van der Waals surface area contributed by atoms with Crippen LogP contribution < -0.4 is 16.4 Å². The molecule has 1 aromatic carbocycles. The fraction of sp³-hybridized carbons (Fsp3) is 0.286. The van der Waals surface area contributed by atoms with E-state index in [1.165, 1.54) is 11.3 Å². The third-order valence-electron chi connectivity index (χ3n) is 4.39. The van der Waals surface area contributed by atoms with Crippen molar-refractivity contribution in [2.75, 3.05) is 18.4 Å². The second-order valence-corrected chi connectivity index (χ2v) is 7.63. The lowest BCUT2D eigenvalue weighted by Gasteiger charge is -2.15. The molecule has 0 spiro atoms. The van der Waals surface area contributed by atoms with E-state index in [-0.39, 0.29) is 19.1 Å². The Labute approximate surface area is 173 Å². The van der Waals surface area contributed by atoms with Crippen molar-refractivity contribution >= 4 is 38.4 Å². The Hall–Kier alpha value is -2.97. The fourth-order valence-electron chi connectivity index (χ4n) is 2.82. The molecular weight excluding hydrogens is 388 g/mol. The van der Waals surface area contributed by atoms with Crippen LogP contribution in [0.1, 0.15) is 30.4 Å². The van der Waals surface area contributed by atoms with E-state index in [9.17, 15) is 9.59 Å². The van der Waals surface area contributed by atoms with E-state index in [0.717, 1.165) is 32.6 Å². The maximum Gasteiger partial charge on any atom is 0.407 e. The van der Waals surface area contributed by atoms with Gasteiger partial charge in [-0.15, -0.1) is 11.3 Å². The van der Waals surface area contributed by atoms with Crippen molar-refractivity contribution in [1.82, 2.24) is 10.3 Å². The zero-order valence-corrected chi connectivity index (χ0v) is 17.0. The Morgan fingerprint density at radius 3 is 2.72 bits per heavy atom. The molecule has 0 aliphatic heterocycles. The summed E-state index contributed by atoms with van der Waals surface area (Å²) < 4.78 is 6.17. The maximum atomic E-state index is 12.7. The zero-order valence-electron chi connectivity index (χ0n) is 16.2. The topological polar surface area (TPSA) is 106 Å². The van der Waals surface area contributed by atoms with Gasteiger partial charge in [0.2, 0.25) is 5.91 Å². The summed E-state index contributed by atoms with van der Waals surface area (Å²) in [4.78, 5) is 28.4. The van der Waals surface area contributed by atoms with Gasteiger partial charge in [0.05, 0.1) is 15.6 Å². The average molecular weight is 413 g/mol. The number of hydrogen-bond acceptors (Lipinski definition) is 6. The van der Waals surface area contributed by atoms with Crippen LogP contribution in [0.25, 0.3) is 10.1 Å². The van der Waals surface area contributed by atoms with E-state index < -0.39 is 12.0 Å². The van der Waals surface area contributed by atoms with Crippen LogP contribution in [0, 0.1) is 0 Å². The van der Waals surface area contributed by atoms with Gasteiger partial charge in [0.15, 0.2) is 0 Å². The highest BCUT2D eigenvalue weighted by Gasteiger charge is 2.20. The number of alkyl carbamates (subject to hydrolysis) is 1. The van der Waals surface area contributed by atoms with Gasteiger partial charge in [0, 0.05) is 25.5 Å². The molecule has 3 rings (SSSR count). The molecule has 1 atom stereocenters. The number of rotatable bonds is 8. The largest absolute Gasteiger partial charge is 0.445 e. The molecule has 0 saturated carbocycles. The summed E-state index contributed by atoms with van der Waals surface area (Å²) in [6.45, 7) is 2.92. The highest BCUT2D eigenvalue weighted by Crippen LogP contribution is 2.29. The van der Waals surface area contributed by atoms with Gasteiger partial charge in [-0.25, -0.2) is 4.79 Å². The number of hydrogen-bond donors (Lipinski definition) is 3. The van der Waals surface area contributed by atoms with Crippen LogP contribution in [-0.2, 0) is 16.1 Å². The lowest BCUT2D eigenvalue weighted by Crippen LogP contribution is -2.27. The molecule has 7 nitrogen and oxygen atoms in total. The van der Waals surface area contributed by atoms with Gasteiger partial charge in [-0.2, -0.15) is 0 Å². The van der Waals surface area contributed by atoms with Gasteiger partial charge in [0.25, 0.3) is 0 Å². The average Bonchev–Trinajstić information content (AvgIpc) is 3.14. The van der Waals surface area contributed by atoms with Crippen molar-refractivity contribution in [2.45, 2.75) is 25.9 Å². The number of ether oxygens (including phenoxy) is 1. The van der Waals surface area contributed by atoms with Crippen LogP contribution in [0.4, 0.5) is 9.80 Å². The summed E-state index contributed by atoms with van der Waals surface area (Å²) in [5, 5.41) is 7.41. The number of benzene rings is 1. The second-order valence-electron chi connectivity index (χ2n) is 6.55.